The Labute approximate surface area is 95.0 Å². The van der Waals surface area contributed by atoms with Crippen molar-refractivity contribution in [2.45, 2.75) is 18.6 Å². The summed E-state index contributed by atoms with van der Waals surface area (Å²) in [4.78, 5) is 0. The molecule has 0 aliphatic rings. The molecule has 0 unspecified atom stereocenters. The van der Waals surface area contributed by atoms with E-state index in [1.807, 2.05) is 0 Å². The summed E-state index contributed by atoms with van der Waals surface area (Å²) >= 11 is 11.3. The fourth-order valence-corrected chi connectivity index (χ4v) is 1.70. The standard InChI is InChI=1S/C9H8Cl2F3N/c10-6-1-5(2-7(11)3-6)8(15)4-9(12,13)14/h1-3,8H,4,15H2/t8-/m0/s1. The molecule has 0 aliphatic carbocycles. The molecule has 1 aromatic rings. The van der Waals surface area contributed by atoms with E-state index in [1.54, 1.807) is 0 Å². The molecule has 1 atom stereocenters. The quantitative estimate of drug-likeness (QED) is 0.853. The van der Waals surface area contributed by atoms with Crippen molar-refractivity contribution in [1.29, 1.82) is 0 Å². The van der Waals surface area contributed by atoms with Crippen LogP contribution in [-0.2, 0) is 0 Å². The molecule has 84 valence electrons. The summed E-state index contributed by atoms with van der Waals surface area (Å²) in [5, 5.41) is 0.547. The molecule has 0 aliphatic heterocycles. The molecular weight excluding hydrogens is 250 g/mol. The third-order valence-electron chi connectivity index (χ3n) is 1.76. The van der Waals surface area contributed by atoms with Crippen LogP contribution >= 0.6 is 23.2 Å². The van der Waals surface area contributed by atoms with Crippen LogP contribution < -0.4 is 5.73 Å². The zero-order valence-corrected chi connectivity index (χ0v) is 9.00. The van der Waals surface area contributed by atoms with Crippen LogP contribution in [0.3, 0.4) is 0 Å². The van der Waals surface area contributed by atoms with Gasteiger partial charge in [-0.1, -0.05) is 23.2 Å². The lowest BCUT2D eigenvalue weighted by Gasteiger charge is -2.14. The average Bonchev–Trinajstić information content (AvgIpc) is 1.98. The molecule has 1 aromatic carbocycles. The van der Waals surface area contributed by atoms with Crippen molar-refractivity contribution >= 4 is 23.2 Å². The molecule has 15 heavy (non-hydrogen) atoms. The summed E-state index contributed by atoms with van der Waals surface area (Å²) < 4.78 is 36.1. The number of halogens is 5. The van der Waals surface area contributed by atoms with Gasteiger partial charge in [0.05, 0.1) is 6.42 Å². The summed E-state index contributed by atoms with van der Waals surface area (Å²) in [6, 6.07) is 3.06. The number of hydrogen-bond donors (Lipinski definition) is 1. The zero-order valence-electron chi connectivity index (χ0n) is 7.48. The van der Waals surface area contributed by atoms with E-state index >= 15 is 0 Å². The Morgan fingerprint density at radius 3 is 2.00 bits per heavy atom. The first-order valence-electron chi connectivity index (χ1n) is 4.06. The Morgan fingerprint density at radius 1 is 1.13 bits per heavy atom. The van der Waals surface area contributed by atoms with Gasteiger partial charge in [0.15, 0.2) is 0 Å². The molecule has 0 amide bonds. The van der Waals surface area contributed by atoms with Gasteiger partial charge < -0.3 is 5.73 Å². The molecule has 0 fully saturated rings. The summed E-state index contributed by atoms with van der Waals surface area (Å²) in [5.74, 6) is 0. The second kappa shape index (κ2) is 4.60. The lowest BCUT2D eigenvalue weighted by Crippen LogP contribution is -2.20. The third kappa shape index (κ3) is 4.28. The maximum atomic E-state index is 12.0. The maximum absolute atomic E-state index is 12.0. The highest BCUT2D eigenvalue weighted by Crippen LogP contribution is 2.30. The predicted octanol–water partition coefficient (Wildman–Crippen LogP) is 3.95. The smallest absolute Gasteiger partial charge is 0.324 e. The SMILES string of the molecule is N[C@@H](CC(F)(F)F)c1cc(Cl)cc(Cl)c1. The van der Waals surface area contributed by atoms with Gasteiger partial charge in [-0.3, -0.25) is 0 Å². The fraction of sp³-hybridized carbons (Fsp3) is 0.333. The molecule has 0 aromatic heterocycles. The van der Waals surface area contributed by atoms with Crippen LogP contribution in [0.1, 0.15) is 18.0 Å². The fourth-order valence-electron chi connectivity index (χ4n) is 1.16. The first kappa shape index (κ1) is 12.6. The molecule has 1 rings (SSSR count). The summed E-state index contributed by atoms with van der Waals surface area (Å²) in [7, 11) is 0. The molecule has 6 heteroatoms. The minimum atomic E-state index is -4.30. The van der Waals surface area contributed by atoms with Crippen molar-refractivity contribution in [2.24, 2.45) is 5.73 Å². The molecule has 0 heterocycles. The highest BCUT2D eigenvalue weighted by molar-refractivity contribution is 6.34. The number of hydrogen-bond acceptors (Lipinski definition) is 1. The highest BCUT2D eigenvalue weighted by atomic mass is 35.5. The van der Waals surface area contributed by atoms with Crippen LogP contribution in [0.25, 0.3) is 0 Å². The van der Waals surface area contributed by atoms with Crippen LogP contribution in [0, 0.1) is 0 Å². The Balaban J connectivity index is 2.86. The second-order valence-corrected chi connectivity index (χ2v) is 4.00. The van der Waals surface area contributed by atoms with E-state index < -0.39 is 18.6 Å². The van der Waals surface area contributed by atoms with E-state index in [0.717, 1.165) is 0 Å². The van der Waals surface area contributed by atoms with Crippen LogP contribution in [0.2, 0.25) is 10.0 Å². The van der Waals surface area contributed by atoms with Gasteiger partial charge in [0, 0.05) is 16.1 Å². The second-order valence-electron chi connectivity index (χ2n) is 3.13. The Bertz CT molecular complexity index is 331. The molecule has 2 N–H and O–H groups in total. The van der Waals surface area contributed by atoms with E-state index in [9.17, 15) is 13.2 Å². The minimum Gasteiger partial charge on any atom is -0.324 e. The van der Waals surface area contributed by atoms with Gasteiger partial charge in [0.25, 0.3) is 0 Å². The van der Waals surface area contributed by atoms with Crippen molar-refractivity contribution in [3.05, 3.63) is 33.8 Å². The van der Waals surface area contributed by atoms with Crippen LogP contribution in [-0.4, -0.2) is 6.18 Å². The third-order valence-corrected chi connectivity index (χ3v) is 2.20. The van der Waals surface area contributed by atoms with E-state index in [-0.39, 0.29) is 15.6 Å². The maximum Gasteiger partial charge on any atom is 0.390 e. The Kier molecular flexibility index (Phi) is 3.87. The van der Waals surface area contributed by atoms with Crippen LogP contribution in [0.5, 0.6) is 0 Å². The number of nitrogens with two attached hydrogens (primary N) is 1. The number of rotatable bonds is 2. The average molecular weight is 258 g/mol. The summed E-state index contributed by atoms with van der Waals surface area (Å²) in [5.41, 5.74) is 5.66. The van der Waals surface area contributed by atoms with Gasteiger partial charge in [-0.05, 0) is 23.8 Å². The van der Waals surface area contributed by atoms with E-state index in [0.29, 0.717) is 0 Å². The van der Waals surface area contributed by atoms with Crippen molar-refractivity contribution in [3.63, 3.8) is 0 Å². The molecule has 1 nitrogen and oxygen atoms in total. The van der Waals surface area contributed by atoms with Crippen LogP contribution in [0.15, 0.2) is 18.2 Å². The minimum absolute atomic E-state index is 0.273. The summed E-state index contributed by atoms with van der Waals surface area (Å²) in [6.45, 7) is 0. The number of benzene rings is 1. The summed E-state index contributed by atoms with van der Waals surface area (Å²) in [6.07, 6.45) is -5.39. The molecule has 0 saturated heterocycles. The first-order valence-corrected chi connectivity index (χ1v) is 4.82. The largest absolute Gasteiger partial charge is 0.390 e. The topological polar surface area (TPSA) is 26.0 Å². The normalized spacial score (nSPS) is 14.0. The van der Waals surface area contributed by atoms with Gasteiger partial charge in [-0.25, -0.2) is 0 Å². The lowest BCUT2D eigenvalue weighted by molar-refractivity contribution is -0.138. The molecule has 0 spiro atoms. The predicted molar refractivity (Wildman–Crippen MR) is 54.1 cm³/mol. The first-order chi connectivity index (χ1) is 6.78. The zero-order chi connectivity index (χ0) is 11.6. The lowest BCUT2D eigenvalue weighted by atomic mass is 10.0. The van der Waals surface area contributed by atoms with E-state index in [1.165, 1.54) is 18.2 Å². The van der Waals surface area contributed by atoms with E-state index in [4.69, 9.17) is 28.9 Å². The Morgan fingerprint density at radius 2 is 1.60 bits per heavy atom. The van der Waals surface area contributed by atoms with Gasteiger partial charge in [0.1, 0.15) is 0 Å². The van der Waals surface area contributed by atoms with Crippen molar-refractivity contribution in [2.75, 3.05) is 0 Å². The highest BCUT2D eigenvalue weighted by Gasteiger charge is 2.31. The molecule has 0 bridgehead atoms. The number of alkyl halides is 3. The Hall–Kier alpha value is -0.450. The van der Waals surface area contributed by atoms with Gasteiger partial charge in [-0.2, -0.15) is 13.2 Å². The molecule has 0 radical (unpaired) electrons. The van der Waals surface area contributed by atoms with Crippen molar-refractivity contribution in [3.8, 4) is 0 Å². The van der Waals surface area contributed by atoms with Gasteiger partial charge >= 0.3 is 6.18 Å². The van der Waals surface area contributed by atoms with Gasteiger partial charge in [-0.15, -0.1) is 0 Å². The monoisotopic (exact) mass is 257 g/mol. The van der Waals surface area contributed by atoms with Crippen LogP contribution in [0.4, 0.5) is 13.2 Å². The molecular formula is C9H8Cl2F3N. The molecule has 0 saturated carbocycles. The van der Waals surface area contributed by atoms with E-state index in [2.05, 4.69) is 0 Å². The van der Waals surface area contributed by atoms with Gasteiger partial charge in [0.2, 0.25) is 0 Å². The van der Waals surface area contributed by atoms with Crippen molar-refractivity contribution < 1.29 is 13.2 Å². The van der Waals surface area contributed by atoms with Crippen molar-refractivity contribution in [1.82, 2.24) is 0 Å².